The van der Waals surface area contributed by atoms with Crippen molar-refractivity contribution >= 4 is 105 Å². The van der Waals surface area contributed by atoms with Gasteiger partial charge in [0, 0.05) is 0 Å². The monoisotopic (exact) mass is 798 g/mol. The van der Waals surface area contributed by atoms with Gasteiger partial charge in [0.05, 0.1) is 9.79 Å². The number of alkyl halides is 6. The average Bonchev–Trinajstić information content (AvgIpc) is 2.58. The molecule has 0 aliphatic carbocycles. The first-order chi connectivity index (χ1) is 13.1. The molecular weight excluding hydrogens is 784 g/mol. The van der Waals surface area contributed by atoms with E-state index in [9.17, 15) is 8.42 Å². The topological polar surface area (TPSA) is 34.1 Å². The first-order valence-electron chi connectivity index (χ1n) is 8.75. The highest BCUT2D eigenvalue weighted by atomic mass is 80.0. The fourth-order valence-electron chi connectivity index (χ4n) is 3.36. The van der Waals surface area contributed by atoms with Crippen LogP contribution in [0.2, 0.25) is 0 Å². The average molecular weight is 804 g/mol. The van der Waals surface area contributed by atoms with Gasteiger partial charge in [-0.3, -0.25) is 0 Å². The summed E-state index contributed by atoms with van der Waals surface area (Å²) in [5.41, 5.74) is 3.18. The SMILES string of the molecule is CC(C)c1c(C(Br)(Br)Br)cccc1S(=O)(=O)c1cccc(C(Br)(Br)Br)c1C(C)C. The molecule has 2 rings (SSSR count). The van der Waals surface area contributed by atoms with E-state index in [-0.39, 0.29) is 11.8 Å². The Hall–Kier alpha value is 1.27. The van der Waals surface area contributed by atoms with E-state index in [0.29, 0.717) is 9.79 Å². The Bertz CT molecular complexity index is 927. The summed E-state index contributed by atoms with van der Waals surface area (Å²) in [7, 11) is -3.78. The van der Waals surface area contributed by atoms with E-state index in [1.807, 2.05) is 39.8 Å². The maximum atomic E-state index is 14.0. The zero-order valence-corrected chi connectivity index (χ0v) is 26.4. The van der Waals surface area contributed by atoms with Crippen molar-refractivity contribution in [2.24, 2.45) is 0 Å². The Kier molecular flexibility index (Phi) is 8.81. The van der Waals surface area contributed by atoms with E-state index in [4.69, 9.17) is 0 Å². The van der Waals surface area contributed by atoms with Crippen LogP contribution in [0.5, 0.6) is 0 Å². The summed E-state index contributed by atoms with van der Waals surface area (Å²) in [5, 5.41) is 0. The van der Waals surface area contributed by atoms with Gasteiger partial charge < -0.3 is 0 Å². The van der Waals surface area contributed by atoms with Crippen molar-refractivity contribution in [3.8, 4) is 0 Å². The van der Waals surface area contributed by atoms with Crippen molar-refractivity contribution in [2.45, 2.75) is 53.6 Å². The van der Waals surface area contributed by atoms with Crippen LogP contribution in [-0.2, 0) is 14.1 Å². The zero-order valence-electron chi connectivity index (χ0n) is 16.1. The van der Waals surface area contributed by atoms with Gasteiger partial charge in [-0.2, -0.15) is 0 Å². The second kappa shape index (κ2) is 9.64. The predicted molar refractivity (Wildman–Crippen MR) is 143 cm³/mol. The second-order valence-corrected chi connectivity index (χ2v) is 22.7. The molecule has 0 amide bonds. The van der Waals surface area contributed by atoms with Crippen molar-refractivity contribution in [1.29, 1.82) is 0 Å². The summed E-state index contributed by atoms with van der Waals surface area (Å²) in [6.45, 7) is 7.99. The molecule has 0 aliphatic heterocycles. The molecule has 0 N–H and O–H groups in total. The normalized spacial score (nSPS) is 13.4. The van der Waals surface area contributed by atoms with Crippen LogP contribution in [0.25, 0.3) is 0 Å². The van der Waals surface area contributed by atoms with E-state index < -0.39 is 14.1 Å². The van der Waals surface area contributed by atoms with Crippen LogP contribution in [0, 0.1) is 0 Å². The van der Waals surface area contributed by atoms with Crippen LogP contribution in [0.1, 0.15) is 61.8 Å². The molecule has 160 valence electrons. The summed E-state index contributed by atoms with van der Waals surface area (Å²) in [6, 6.07) is 10.7. The van der Waals surface area contributed by atoms with E-state index >= 15 is 0 Å². The number of benzene rings is 2. The first-order valence-corrected chi connectivity index (χ1v) is 15.0. The lowest BCUT2D eigenvalue weighted by molar-refractivity contribution is 0.591. The van der Waals surface area contributed by atoms with Crippen LogP contribution in [0.15, 0.2) is 46.2 Å². The molecule has 0 atom stereocenters. The minimum atomic E-state index is -3.78. The van der Waals surface area contributed by atoms with Crippen molar-refractivity contribution in [2.75, 3.05) is 0 Å². The van der Waals surface area contributed by atoms with Crippen LogP contribution in [0.3, 0.4) is 0 Å². The molecule has 2 aromatic carbocycles. The lowest BCUT2D eigenvalue weighted by Crippen LogP contribution is -2.16. The molecule has 0 spiro atoms. The smallest absolute Gasteiger partial charge is 0.207 e. The van der Waals surface area contributed by atoms with Gasteiger partial charge in [-0.25, -0.2) is 8.42 Å². The van der Waals surface area contributed by atoms with Crippen LogP contribution >= 0.6 is 95.6 Å². The van der Waals surface area contributed by atoms with E-state index in [1.165, 1.54) is 0 Å². The molecule has 0 unspecified atom stereocenters. The Labute approximate surface area is 223 Å². The highest BCUT2D eigenvalue weighted by molar-refractivity contribution is 9.39. The van der Waals surface area contributed by atoms with Crippen molar-refractivity contribution in [3.05, 3.63) is 58.7 Å². The van der Waals surface area contributed by atoms with Gasteiger partial charge in [0.1, 0.15) is 0 Å². The molecule has 0 bridgehead atoms. The molecule has 0 radical (unpaired) electrons. The van der Waals surface area contributed by atoms with Gasteiger partial charge in [-0.1, -0.05) is 148 Å². The van der Waals surface area contributed by atoms with Crippen molar-refractivity contribution in [1.82, 2.24) is 0 Å². The lowest BCUT2D eigenvalue weighted by Gasteiger charge is -2.26. The van der Waals surface area contributed by atoms with Crippen molar-refractivity contribution < 1.29 is 8.42 Å². The summed E-state index contributed by atoms with van der Waals surface area (Å²) in [6.07, 6.45) is 0. The van der Waals surface area contributed by atoms with Crippen LogP contribution in [0.4, 0.5) is 0 Å². The quantitative estimate of drug-likeness (QED) is 0.289. The minimum Gasteiger partial charge on any atom is -0.218 e. The van der Waals surface area contributed by atoms with E-state index in [0.717, 1.165) is 22.3 Å². The molecule has 2 aromatic rings. The molecule has 9 heteroatoms. The van der Waals surface area contributed by atoms with Gasteiger partial charge in [-0.15, -0.1) is 0 Å². The molecule has 0 heterocycles. The van der Waals surface area contributed by atoms with Gasteiger partial charge in [0.15, 0.2) is 4.29 Å². The molecule has 0 fully saturated rings. The predicted octanol–water partition coefficient (Wildman–Crippen LogP) is 9.36. The third-order valence-corrected chi connectivity index (χ3v) is 8.91. The Morgan fingerprint density at radius 1 is 0.655 bits per heavy atom. The Morgan fingerprint density at radius 3 is 1.21 bits per heavy atom. The zero-order chi connectivity index (χ0) is 22.4. The summed E-state index contributed by atoms with van der Waals surface area (Å²) in [4.78, 5) is 0.632. The molecule has 0 aliphatic rings. The third kappa shape index (κ3) is 5.80. The maximum Gasteiger partial charge on any atom is 0.207 e. The maximum absolute atomic E-state index is 14.0. The standard InChI is InChI=1S/C20H20Br6O2S/c1-11(2)17-13(19(21,22)23)7-5-9-15(17)29(27,28)16-10-6-8-14(20(24,25)26)18(16)12(3)4/h5-12H,1-4H3. The highest BCUT2D eigenvalue weighted by Crippen LogP contribution is 2.51. The molecule has 29 heavy (non-hydrogen) atoms. The number of rotatable bonds is 4. The Morgan fingerprint density at radius 2 is 0.966 bits per heavy atom. The minimum absolute atomic E-state index is 0.00343. The Balaban J connectivity index is 2.93. The summed E-state index contributed by atoms with van der Waals surface area (Å²) < 4.78 is 26.5. The summed E-state index contributed by atoms with van der Waals surface area (Å²) in [5.74, 6) is -0.00685. The van der Waals surface area contributed by atoms with Crippen LogP contribution < -0.4 is 0 Å². The highest BCUT2D eigenvalue weighted by Gasteiger charge is 2.35. The first kappa shape index (κ1) is 26.5. The molecule has 0 saturated carbocycles. The number of hydrogen-bond acceptors (Lipinski definition) is 2. The van der Waals surface area contributed by atoms with Gasteiger partial charge in [-0.05, 0) is 46.2 Å². The third-order valence-electron chi connectivity index (χ3n) is 4.48. The molecule has 0 saturated heterocycles. The number of hydrogen-bond donors (Lipinski definition) is 0. The van der Waals surface area contributed by atoms with Gasteiger partial charge >= 0.3 is 0 Å². The lowest BCUT2D eigenvalue weighted by atomic mass is 9.98. The van der Waals surface area contributed by atoms with E-state index in [1.54, 1.807) is 24.3 Å². The largest absolute Gasteiger partial charge is 0.218 e. The van der Waals surface area contributed by atoms with Gasteiger partial charge in [0.2, 0.25) is 9.84 Å². The molecular formula is C20H20Br6O2S. The molecule has 2 nitrogen and oxygen atoms in total. The fraction of sp³-hybridized carbons (Fsp3) is 0.400. The fourth-order valence-corrected chi connectivity index (χ4v) is 7.46. The van der Waals surface area contributed by atoms with Gasteiger partial charge in [0.25, 0.3) is 0 Å². The molecule has 0 aromatic heterocycles. The summed E-state index contributed by atoms with van der Waals surface area (Å²) >= 11 is 21.3. The number of halogens is 6. The van der Waals surface area contributed by atoms with E-state index in [2.05, 4.69) is 95.6 Å². The van der Waals surface area contributed by atoms with Crippen LogP contribution in [-0.4, -0.2) is 8.42 Å². The van der Waals surface area contributed by atoms with Crippen molar-refractivity contribution in [3.63, 3.8) is 0 Å². The number of sulfone groups is 1. The second-order valence-electron chi connectivity index (χ2n) is 7.24.